The van der Waals surface area contributed by atoms with Crippen LogP contribution >= 0.6 is 11.8 Å². The average Bonchev–Trinajstić information content (AvgIpc) is 2.14. The quantitative estimate of drug-likeness (QED) is 0.650. The summed E-state index contributed by atoms with van der Waals surface area (Å²) >= 11 is 1.98. The van der Waals surface area contributed by atoms with E-state index in [1.807, 2.05) is 11.8 Å². The molecular formula is C9H20N2OS. The first-order chi connectivity index (χ1) is 6.29. The molecule has 1 fully saturated rings. The molecule has 1 heterocycles. The Kier molecular flexibility index (Phi) is 5.78. The second kappa shape index (κ2) is 6.65. The number of thioether (sulfide) groups is 1. The summed E-state index contributed by atoms with van der Waals surface area (Å²) in [7, 11) is 4.22. The van der Waals surface area contributed by atoms with E-state index in [0.29, 0.717) is 6.10 Å². The minimum atomic E-state index is 0.431. The molecule has 1 aliphatic rings. The van der Waals surface area contributed by atoms with Crippen LogP contribution in [0, 0.1) is 0 Å². The van der Waals surface area contributed by atoms with Crippen LogP contribution in [-0.2, 0) is 4.74 Å². The predicted molar refractivity (Wildman–Crippen MR) is 58.5 cm³/mol. The average molecular weight is 204 g/mol. The van der Waals surface area contributed by atoms with E-state index >= 15 is 0 Å². The van der Waals surface area contributed by atoms with Gasteiger partial charge < -0.3 is 15.0 Å². The van der Waals surface area contributed by atoms with Gasteiger partial charge in [-0.3, -0.25) is 0 Å². The number of nitrogens with zero attached hydrogens (tertiary/aromatic N) is 1. The van der Waals surface area contributed by atoms with Crippen molar-refractivity contribution in [3.8, 4) is 0 Å². The van der Waals surface area contributed by atoms with Crippen molar-refractivity contribution in [1.29, 1.82) is 0 Å². The van der Waals surface area contributed by atoms with Crippen LogP contribution in [0.3, 0.4) is 0 Å². The van der Waals surface area contributed by atoms with Crippen LogP contribution in [0.25, 0.3) is 0 Å². The molecule has 0 bridgehead atoms. The zero-order valence-corrected chi connectivity index (χ0v) is 9.40. The van der Waals surface area contributed by atoms with Crippen molar-refractivity contribution >= 4 is 11.8 Å². The fraction of sp³-hybridized carbons (Fsp3) is 1.00. The van der Waals surface area contributed by atoms with Gasteiger partial charge in [-0.1, -0.05) is 0 Å². The first-order valence-corrected chi connectivity index (χ1v) is 5.99. The minimum Gasteiger partial charge on any atom is -0.375 e. The van der Waals surface area contributed by atoms with E-state index in [4.69, 9.17) is 4.74 Å². The molecule has 78 valence electrons. The monoisotopic (exact) mass is 204 g/mol. The molecule has 13 heavy (non-hydrogen) atoms. The molecule has 0 spiro atoms. The maximum Gasteiger partial charge on any atom is 0.0790 e. The van der Waals surface area contributed by atoms with Crippen LogP contribution in [0.2, 0.25) is 0 Å². The van der Waals surface area contributed by atoms with Gasteiger partial charge in [-0.05, 0) is 14.1 Å². The molecular weight excluding hydrogens is 184 g/mol. The van der Waals surface area contributed by atoms with Gasteiger partial charge in [0.05, 0.1) is 12.7 Å². The minimum absolute atomic E-state index is 0.431. The van der Waals surface area contributed by atoms with Gasteiger partial charge in [0.1, 0.15) is 0 Å². The normalized spacial score (nSPS) is 23.8. The summed E-state index contributed by atoms with van der Waals surface area (Å²) in [5.41, 5.74) is 0. The molecule has 4 heteroatoms. The van der Waals surface area contributed by atoms with Gasteiger partial charge in [0.2, 0.25) is 0 Å². The summed E-state index contributed by atoms with van der Waals surface area (Å²) in [5.74, 6) is 2.33. The fourth-order valence-electron chi connectivity index (χ4n) is 1.19. The second-order valence-electron chi connectivity index (χ2n) is 3.58. The molecule has 1 atom stereocenters. The number of hydrogen-bond acceptors (Lipinski definition) is 4. The first kappa shape index (κ1) is 11.3. The van der Waals surface area contributed by atoms with Crippen molar-refractivity contribution in [2.45, 2.75) is 6.10 Å². The maximum absolute atomic E-state index is 5.59. The van der Waals surface area contributed by atoms with Crippen LogP contribution < -0.4 is 5.32 Å². The highest BCUT2D eigenvalue weighted by atomic mass is 32.2. The van der Waals surface area contributed by atoms with Gasteiger partial charge in [0.15, 0.2) is 0 Å². The molecule has 1 aliphatic heterocycles. The Hall–Kier alpha value is 0.230. The molecule has 1 saturated heterocycles. The molecule has 0 aromatic rings. The summed E-state index contributed by atoms with van der Waals surface area (Å²) in [5, 5.41) is 3.34. The van der Waals surface area contributed by atoms with E-state index in [9.17, 15) is 0 Å². The molecule has 0 saturated carbocycles. The van der Waals surface area contributed by atoms with Gasteiger partial charge in [-0.25, -0.2) is 0 Å². The molecule has 0 aliphatic carbocycles. The SMILES string of the molecule is CN(C)CCSCC1CNCCO1. The highest BCUT2D eigenvalue weighted by Crippen LogP contribution is 2.07. The number of nitrogens with one attached hydrogen (secondary N) is 1. The Bertz CT molecular complexity index is 127. The van der Waals surface area contributed by atoms with E-state index in [1.54, 1.807) is 0 Å². The third-order valence-electron chi connectivity index (χ3n) is 1.99. The summed E-state index contributed by atoms with van der Waals surface area (Å²) < 4.78 is 5.59. The third-order valence-corrected chi connectivity index (χ3v) is 3.07. The van der Waals surface area contributed by atoms with Gasteiger partial charge >= 0.3 is 0 Å². The summed E-state index contributed by atoms with van der Waals surface area (Å²) in [6.45, 7) is 4.07. The number of hydrogen-bond donors (Lipinski definition) is 1. The lowest BCUT2D eigenvalue weighted by Crippen LogP contribution is -2.39. The molecule has 0 aromatic carbocycles. The summed E-state index contributed by atoms with van der Waals surface area (Å²) in [6, 6.07) is 0. The molecule has 0 amide bonds. The van der Waals surface area contributed by atoms with E-state index in [1.165, 1.54) is 5.75 Å². The molecule has 1 unspecified atom stereocenters. The van der Waals surface area contributed by atoms with Crippen molar-refractivity contribution in [2.24, 2.45) is 0 Å². The van der Waals surface area contributed by atoms with E-state index in [2.05, 4.69) is 24.3 Å². The largest absolute Gasteiger partial charge is 0.375 e. The van der Waals surface area contributed by atoms with Crippen LogP contribution in [-0.4, -0.2) is 62.8 Å². The Morgan fingerprint density at radius 1 is 1.54 bits per heavy atom. The zero-order chi connectivity index (χ0) is 9.52. The van der Waals surface area contributed by atoms with Crippen molar-refractivity contribution in [1.82, 2.24) is 10.2 Å². The smallest absolute Gasteiger partial charge is 0.0790 e. The number of rotatable bonds is 5. The van der Waals surface area contributed by atoms with Crippen molar-refractivity contribution in [3.63, 3.8) is 0 Å². The lowest BCUT2D eigenvalue weighted by atomic mass is 10.3. The summed E-state index contributed by atoms with van der Waals surface area (Å²) in [4.78, 5) is 2.22. The van der Waals surface area contributed by atoms with Crippen LogP contribution in [0.1, 0.15) is 0 Å². The topological polar surface area (TPSA) is 24.5 Å². The van der Waals surface area contributed by atoms with Crippen molar-refractivity contribution in [3.05, 3.63) is 0 Å². The van der Waals surface area contributed by atoms with Gasteiger partial charge in [0, 0.05) is 31.1 Å². The van der Waals surface area contributed by atoms with Gasteiger partial charge in [-0.2, -0.15) is 11.8 Å². The Labute approximate surface area is 85.2 Å². The third kappa shape index (κ3) is 5.52. The Morgan fingerprint density at radius 2 is 2.38 bits per heavy atom. The van der Waals surface area contributed by atoms with Gasteiger partial charge in [0.25, 0.3) is 0 Å². The highest BCUT2D eigenvalue weighted by Gasteiger charge is 2.12. The molecule has 0 aromatic heterocycles. The van der Waals surface area contributed by atoms with Crippen LogP contribution in [0.15, 0.2) is 0 Å². The molecule has 0 radical (unpaired) electrons. The van der Waals surface area contributed by atoms with Crippen LogP contribution in [0.5, 0.6) is 0 Å². The second-order valence-corrected chi connectivity index (χ2v) is 4.72. The lowest BCUT2D eigenvalue weighted by Gasteiger charge is -2.23. The van der Waals surface area contributed by atoms with E-state index in [0.717, 1.165) is 32.0 Å². The predicted octanol–water partition coefficient (Wildman–Crippen LogP) is 0.270. The molecule has 1 N–H and O–H groups in total. The first-order valence-electron chi connectivity index (χ1n) is 4.84. The van der Waals surface area contributed by atoms with Gasteiger partial charge in [-0.15, -0.1) is 0 Å². The maximum atomic E-state index is 5.59. The van der Waals surface area contributed by atoms with E-state index in [-0.39, 0.29) is 0 Å². The van der Waals surface area contributed by atoms with Crippen molar-refractivity contribution in [2.75, 3.05) is 51.8 Å². The standard InChI is InChI=1S/C9H20N2OS/c1-11(2)4-6-13-8-9-7-10-3-5-12-9/h9-10H,3-8H2,1-2H3. The van der Waals surface area contributed by atoms with Crippen LogP contribution in [0.4, 0.5) is 0 Å². The summed E-state index contributed by atoms with van der Waals surface area (Å²) in [6.07, 6.45) is 0.431. The number of morpholine rings is 1. The Morgan fingerprint density at radius 3 is 3.00 bits per heavy atom. The van der Waals surface area contributed by atoms with E-state index < -0.39 is 0 Å². The zero-order valence-electron chi connectivity index (χ0n) is 8.58. The Balaban J connectivity index is 1.92. The molecule has 1 rings (SSSR count). The highest BCUT2D eigenvalue weighted by molar-refractivity contribution is 7.99. The van der Waals surface area contributed by atoms with Crippen molar-refractivity contribution < 1.29 is 4.74 Å². The molecule has 3 nitrogen and oxygen atoms in total. The fourth-order valence-corrected chi connectivity index (χ4v) is 2.33. The number of ether oxygens (including phenoxy) is 1. The lowest BCUT2D eigenvalue weighted by molar-refractivity contribution is 0.0441.